The molecular weight excluding hydrogens is 302 g/mol. The lowest BCUT2D eigenvalue weighted by Crippen LogP contribution is -2.32. The van der Waals surface area contributed by atoms with Crippen molar-refractivity contribution in [3.63, 3.8) is 0 Å². The predicted octanol–water partition coefficient (Wildman–Crippen LogP) is 3.87. The third-order valence-corrected chi connectivity index (χ3v) is 3.78. The zero-order valence-electron chi connectivity index (χ0n) is 12.0. The number of rotatable bonds is 2. The molecule has 0 spiro atoms. The maximum atomic E-state index is 12.2. The van der Waals surface area contributed by atoms with E-state index < -0.39 is 0 Å². The number of carbonyl (C=O) groups excluding carboxylic acids is 1. The molecule has 1 heterocycles. The Kier molecular flexibility index (Phi) is 4.49. The van der Waals surface area contributed by atoms with Crippen LogP contribution in [0.15, 0.2) is 48.5 Å². The minimum atomic E-state index is -0.347. The molecule has 0 saturated heterocycles. The largest absolute Gasteiger partial charge is 0.490 e. The van der Waals surface area contributed by atoms with Crippen molar-refractivity contribution in [1.82, 2.24) is 4.90 Å². The van der Waals surface area contributed by atoms with Crippen molar-refractivity contribution in [3.8, 4) is 5.75 Å². The molecule has 1 aliphatic rings. The van der Waals surface area contributed by atoms with Crippen molar-refractivity contribution < 1.29 is 14.3 Å². The summed E-state index contributed by atoms with van der Waals surface area (Å²) >= 11 is 6.12. The number of amides is 1. The average Bonchev–Trinajstić information content (AvgIpc) is 2.77. The molecule has 2 aromatic rings. The lowest BCUT2D eigenvalue weighted by molar-refractivity contribution is 0.0913. The van der Waals surface area contributed by atoms with Crippen molar-refractivity contribution in [3.05, 3.63) is 64.7 Å². The van der Waals surface area contributed by atoms with E-state index in [1.165, 1.54) is 0 Å². The molecule has 0 saturated carbocycles. The van der Waals surface area contributed by atoms with Gasteiger partial charge < -0.3 is 14.4 Å². The summed E-state index contributed by atoms with van der Waals surface area (Å²) in [5.74, 6) is 0.655. The molecule has 2 aromatic carbocycles. The topological polar surface area (TPSA) is 38.8 Å². The molecule has 0 N–H and O–H groups in total. The zero-order chi connectivity index (χ0) is 15.4. The number of carbonyl (C=O) groups is 1. The van der Waals surface area contributed by atoms with Gasteiger partial charge in [0.1, 0.15) is 19.0 Å². The zero-order valence-corrected chi connectivity index (χ0v) is 12.8. The molecule has 0 aliphatic carbocycles. The summed E-state index contributed by atoms with van der Waals surface area (Å²) in [5.41, 5.74) is 1.85. The lowest BCUT2D eigenvalue weighted by Gasteiger charge is -2.19. The second kappa shape index (κ2) is 6.71. The quantitative estimate of drug-likeness (QED) is 0.844. The number of para-hydroxylation sites is 1. The third kappa shape index (κ3) is 3.34. The van der Waals surface area contributed by atoms with Crippen LogP contribution in [0.1, 0.15) is 11.1 Å². The number of halogens is 1. The average molecular weight is 318 g/mol. The van der Waals surface area contributed by atoms with E-state index in [0.717, 1.165) is 11.1 Å². The SMILES string of the molecule is O=C(OCc1ccccc1)N1CCOc2c(Cl)cccc2C1. The van der Waals surface area contributed by atoms with Crippen LogP contribution in [0.4, 0.5) is 4.79 Å². The van der Waals surface area contributed by atoms with Gasteiger partial charge in [0.2, 0.25) is 0 Å². The molecule has 1 amide bonds. The van der Waals surface area contributed by atoms with Crippen molar-refractivity contribution >= 4 is 17.7 Å². The first-order valence-corrected chi connectivity index (χ1v) is 7.47. The third-order valence-electron chi connectivity index (χ3n) is 3.48. The van der Waals surface area contributed by atoms with Crippen molar-refractivity contribution in [1.29, 1.82) is 0 Å². The van der Waals surface area contributed by atoms with Gasteiger partial charge in [-0.15, -0.1) is 0 Å². The molecule has 0 aromatic heterocycles. The molecule has 22 heavy (non-hydrogen) atoms. The highest BCUT2D eigenvalue weighted by atomic mass is 35.5. The van der Waals surface area contributed by atoms with Gasteiger partial charge >= 0.3 is 6.09 Å². The van der Waals surface area contributed by atoms with Gasteiger partial charge in [-0.3, -0.25) is 0 Å². The molecule has 0 fully saturated rings. The maximum Gasteiger partial charge on any atom is 0.410 e. The molecule has 114 valence electrons. The van der Waals surface area contributed by atoms with Gasteiger partial charge in [-0.25, -0.2) is 4.79 Å². The first-order chi connectivity index (χ1) is 10.7. The fourth-order valence-corrected chi connectivity index (χ4v) is 2.60. The second-order valence-electron chi connectivity index (χ2n) is 5.04. The molecule has 0 radical (unpaired) electrons. The Morgan fingerprint density at radius 3 is 2.82 bits per heavy atom. The van der Waals surface area contributed by atoms with Crippen molar-refractivity contribution in [2.24, 2.45) is 0 Å². The van der Waals surface area contributed by atoms with Gasteiger partial charge in [-0.2, -0.15) is 0 Å². The summed E-state index contributed by atoms with van der Waals surface area (Å²) in [6.07, 6.45) is -0.347. The van der Waals surface area contributed by atoms with Gasteiger partial charge in [0.15, 0.2) is 0 Å². The number of hydrogen-bond acceptors (Lipinski definition) is 3. The normalized spacial score (nSPS) is 13.8. The summed E-state index contributed by atoms with van der Waals surface area (Å²) in [4.78, 5) is 13.9. The lowest BCUT2D eigenvalue weighted by atomic mass is 10.2. The first-order valence-electron chi connectivity index (χ1n) is 7.10. The van der Waals surface area contributed by atoms with E-state index in [1.54, 1.807) is 11.0 Å². The highest BCUT2D eigenvalue weighted by Gasteiger charge is 2.22. The van der Waals surface area contributed by atoms with E-state index in [2.05, 4.69) is 0 Å². The molecule has 0 atom stereocenters. The molecule has 5 heteroatoms. The minimum absolute atomic E-state index is 0.263. The highest BCUT2D eigenvalue weighted by Crippen LogP contribution is 2.31. The Morgan fingerprint density at radius 1 is 1.18 bits per heavy atom. The van der Waals surface area contributed by atoms with Crippen LogP contribution in [-0.2, 0) is 17.9 Å². The number of nitrogens with zero attached hydrogens (tertiary/aromatic N) is 1. The number of fused-ring (bicyclic) bond motifs is 1. The van der Waals surface area contributed by atoms with Crippen LogP contribution in [-0.4, -0.2) is 24.1 Å². The van der Waals surface area contributed by atoms with Crippen LogP contribution in [0.3, 0.4) is 0 Å². The van der Waals surface area contributed by atoms with Crippen LogP contribution in [0, 0.1) is 0 Å². The second-order valence-corrected chi connectivity index (χ2v) is 5.45. The van der Waals surface area contributed by atoms with E-state index in [0.29, 0.717) is 30.5 Å². The Labute approximate surface area is 134 Å². The standard InChI is InChI=1S/C17H16ClNO3/c18-15-8-4-7-14-11-19(9-10-21-16(14)15)17(20)22-12-13-5-2-1-3-6-13/h1-8H,9-12H2. The maximum absolute atomic E-state index is 12.2. The van der Waals surface area contributed by atoms with E-state index in [1.807, 2.05) is 42.5 Å². The summed E-state index contributed by atoms with van der Waals surface area (Å²) < 4.78 is 11.0. The Morgan fingerprint density at radius 2 is 2.00 bits per heavy atom. The van der Waals surface area contributed by atoms with Gasteiger partial charge in [-0.05, 0) is 11.6 Å². The van der Waals surface area contributed by atoms with Gasteiger partial charge in [0.25, 0.3) is 0 Å². The molecule has 0 bridgehead atoms. The first kappa shape index (κ1) is 14.7. The highest BCUT2D eigenvalue weighted by molar-refractivity contribution is 6.32. The molecule has 3 rings (SSSR count). The van der Waals surface area contributed by atoms with E-state index in [9.17, 15) is 4.79 Å². The van der Waals surface area contributed by atoms with Crippen molar-refractivity contribution in [2.75, 3.05) is 13.2 Å². The van der Waals surface area contributed by atoms with Crippen molar-refractivity contribution in [2.45, 2.75) is 13.2 Å². The summed E-state index contributed by atoms with van der Waals surface area (Å²) in [5, 5.41) is 0.567. The summed E-state index contributed by atoms with van der Waals surface area (Å²) in [6.45, 7) is 1.57. The van der Waals surface area contributed by atoms with Crippen LogP contribution in [0.2, 0.25) is 5.02 Å². The number of ether oxygens (including phenoxy) is 2. The fraction of sp³-hybridized carbons (Fsp3) is 0.235. The van der Waals surface area contributed by atoms with Gasteiger partial charge in [0, 0.05) is 5.56 Å². The molecule has 0 unspecified atom stereocenters. The Bertz CT molecular complexity index is 660. The van der Waals surface area contributed by atoms with E-state index >= 15 is 0 Å². The molecule has 4 nitrogen and oxygen atoms in total. The molecule has 1 aliphatic heterocycles. The van der Waals surface area contributed by atoms with Crippen LogP contribution in [0.5, 0.6) is 5.75 Å². The smallest absolute Gasteiger partial charge is 0.410 e. The Balaban J connectivity index is 1.66. The fourth-order valence-electron chi connectivity index (χ4n) is 2.35. The van der Waals surface area contributed by atoms with E-state index in [4.69, 9.17) is 21.1 Å². The van der Waals surface area contributed by atoms with E-state index in [-0.39, 0.29) is 12.7 Å². The summed E-state index contributed by atoms with van der Waals surface area (Å²) in [7, 11) is 0. The minimum Gasteiger partial charge on any atom is -0.490 e. The van der Waals surface area contributed by atoms with Gasteiger partial charge in [0.05, 0.1) is 18.1 Å². The monoisotopic (exact) mass is 317 g/mol. The van der Waals surface area contributed by atoms with Crippen LogP contribution >= 0.6 is 11.6 Å². The van der Waals surface area contributed by atoms with Gasteiger partial charge in [-0.1, -0.05) is 54.1 Å². The number of benzene rings is 2. The summed E-state index contributed by atoms with van der Waals surface area (Å²) in [6, 6.07) is 15.2. The number of hydrogen-bond donors (Lipinski definition) is 0. The Hall–Kier alpha value is -2.20. The van der Waals surface area contributed by atoms with Crippen LogP contribution < -0.4 is 4.74 Å². The van der Waals surface area contributed by atoms with Crippen LogP contribution in [0.25, 0.3) is 0 Å². The molecular formula is C17H16ClNO3. The predicted molar refractivity (Wildman–Crippen MR) is 84.0 cm³/mol.